The van der Waals surface area contributed by atoms with E-state index in [9.17, 15) is 4.79 Å². The fourth-order valence-corrected chi connectivity index (χ4v) is 3.92. The molecule has 0 unspecified atom stereocenters. The summed E-state index contributed by atoms with van der Waals surface area (Å²) in [5, 5.41) is 16.6. The van der Waals surface area contributed by atoms with Gasteiger partial charge in [-0.05, 0) is 19.8 Å². The molecule has 2 amide bonds. The highest BCUT2D eigenvalue weighted by Crippen LogP contribution is 2.29. The molecule has 2 heterocycles. The molecule has 8 heteroatoms. The van der Waals surface area contributed by atoms with Gasteiger partial charge in [-0.1, -0.05) is 42.2 Å². The molecule has 1 fully saturated rings. The van der Waals surface area contributed by atoms with Crippen LogP contribution in [0.15, 0.2) is 4.52 Å². The fourth-order valence-electron chi connectivity index (χ4n) is 3.07. The Kier molecular flexibility index (Phi) is 5.13. The lowest BCUT2D eigenvalue weighted by atomic mass is 10.1. The van der Waals surface area contributed by atoms with Gasteiger partial charge < -0.3 is 9.42 Å². The van der Waals surface area contributed by atoms with Crippen molar-refractivity contribution in [3.8, 4) is 0 Å². The van der Waals surface area contributed by atoms with Crippen LogP contribution >= 0.6 is 11.3 Å². The van der Waals surface area contributed by atoms with E-state index in [4.69, 9.17) is 4.52 Å². The van der Waals surface area contributed by atoms with Crippen molar-refractivity contribution in [2.75, 3.05) is 12.4 Å². The number of urea groups is 1. The molecule has 7 nitrogen and oxygen atoms in total. The van der Waals surface area contributed by atoms with Crippen molar-refractivity contribution in [3.05, 3.63) is 22.0 Å². The Hall–Kier alpha value is -1.96. The largest absolute Gasteiger partial charge is 0.361 e. The molecular weight excluding hydrogens is 326 g/mol. The number of carbonyl (C=O) groups is 1. The quantitative estimate of drug-likeness (QED) is 0.892. The average molecular weight is 349 g/mol. The maximum absolute atomic E-state index is 12.3. The second kappa shape index (κ2) is 7.29. The van der Waals surface area contributed by atoms with Crippen molar-refractivity contribution < 1.29 is 9.32 Å². The summed E-state index contributed by atoms with van der Waals surface area (Å²) in [7, 11) is 1.74. The Bertz CT molecular complexity index is 686. The van der Waals surface area contributed by atoms with Crippen molar-refractivity contribution >= 4 is 22.5 Å². The normalized spacial score (nSPS) is 15.0. The van der Waals surface area contributed by atoms with Gasteiger partial charge in [0.1, 0.15) is 10.8 Å². The van der Waals surface area contributed by atoms with E-state index in [2.05, 4.69) is 20.7 Å². The molecule has 24 heavy (non-hydrogen) atoms. The van der Waals surface area contributed by atoms with Crippen LogP contribution in [0.25, 0.3) is 0 Å². The fraction of sp³-hybridized carbons (Fsp3) is 0.625. The number of aryl methyl sites for hydroxylation is 2. The highest BCUT2D eigenvalue weighted by atomic mass is 32.1. The third-order valence-corrected chi connectivity index (χ3v) is 5.40. The maximum Gasteiger partial charge on any atom is 0.323 e. The first-order valence-corrected chi connectivity index (χ1v) is 9.11. The topological polar surface area (TPSA) is 84.2 Å². The van der Waals surface area contributed by atoms with E-state index < -0.39 is 0 Å². The minimum absolute atomic E-state index is 0.210. The van der Waals surface area contributed by atoms with Crippen LogP contribution in [0, 0.1) is 19.8 Å². The molecule has 2 aromatic heterocycles. The van der Waals surface area contributed by atoms with E-state index >= 15 is 0 Å². The summed E-state index contributed by atoms with van der Waals surface area (Å²) in [4.78, 5) is 13.9. The standard InChI is InChI=1S/C16H23N5O2S/c1-10-13(11(2)23-20-10)9-21(3)16(22)17-15-19-18-14(24-15)8-12-6-4-5-7-12/h12H,4-9H2,1-3H3,(H,17,19,22). The number of amides is 2. The van der Waals surface area contributed by atoms with Gasteiger partial charge in [-0.3, -0.25) is 5.32 Å². The Morgan fingerprint density at radius 3 is 2.75 bits per heavy atom. The molecule has 0 spiro atoms. The number of nitrogens with zero attached hydrogens (tertiary/aromatic N) is 4. The monoisotopic (exact) mass is 349 g/mol. The van der Waals surface area contributed by atoms with Crippen LogP contribution in [0.5, 0.6) is 0 Å². The molecule has 0 radical (unpaired) electrons. The first-order chi connectivity index (χ1) is 11.5. The van der Waals surface area contributed by atoms with Gasteiger partial charge in [0.25, 0.3) is 0 Å². The van der Waals surface area contributed by atoms with Gasteiger partial charge in [0, 0.05) is 19.0 Å². The number of nitrogens with one attached hydrogen (secondary N) is 1. The summed E-state index contributed by atoms with van der Waals surface area (Å²) < 4.78 is 5.13. The van der Waals surface area contributed by atoms with Crippen molar-refractivity contribution in [2.24, 2.45) is 5.92 Å². The van der Waals surface area contributed by atoms with E-state index in [1.54, 1.807) is 11.9 Å². The minimum Gasteiger partial charge on any atom is -0.361 e. The molecule has 0 saturated heterocycles. The third kappa shape index (κ3) is 3.92. The van der Waals surface area contributed by atoms with Crippen molar-refractivity contribution in [1.82, 2.24) is 20.3 Å². The molecule has 0 bridgehead atoms. The van der Waals surface area contributed by atoms with Crippen LogP contribution in [-0.4, -0.2) is 33.3 Å². The Balaban J connectivity index is 1.55. The number of aromatic nitrogens is 3. The van der Waals surface area contributed by atoms with Gasteiger partial charge in [0.15, 0.2) is 0 Å². The van der Waals surface area contributed by atoms with Gasteiger partial charge in [-0.2, -0.15) is 0 Å². The zero-order valence-electron chi connectivity index (χ0n) is 14.3. The van der Waals surface area contributed by atoms with Crippen LogP contribution in [0.4, 0.5) is 9.93 Å². The highest BCUT2D eigenvalue weighted by molar-refractivity contribution is 7.15. The number of carbonyl (C=O) groups excluding carboxylic acids is 1. The predicted octanol–water partition coefficient (Wildman–Crippen LogP) is 3.54. The van der Waals surface area contributed by atoms with Crippen molar-refractivity contribution in [3.63, 3.8) is 0 Å². The number of rotatable bonds is 5. The van der Waals surface area contributed by atoms with Crippen LogP contribution < -0.4 is 5.32 Å². The maximum atomic E-state index is 12.3. The lowest BCUT2D eigenvalue weighted by molar-refractivity contribution is 0.220. The summed E-state index contributed by atoms with van der Waals surface area (Å²) >= 11 is 1.47. The second-order valence-corrected chi connectivity index (χ2v) is 7.51. The second-order valence-electron chi connectivity index (χ2n) is 6.44. The molecule has 2 aromatic rings. The number of hydrogen-bond acceptors (Lipinski definition) is 6. The highest BCUT2D eigenvalue weighted by Gasteiger charge is 2.19. The number of hydrogen-bond donors (Lipinski definition) is 1. The van der Waals surface area contributed by atoms with E-state index in [1.807, 2.05) is 13.8 Å². The summed E-state index contributed by atoms with van der Waals surface area (Å²) in [6, 6.07) is -0.210. The van der Waals surface area contributed by atoms with E-state index in [0.717, 1.165) is 34.4 Å². The third-order valence-electron chi connectivity index (χ3n) is 4.54. The molecule has 0 aromatic carbocycles. The predicted molar refractivity (Wildman–Crippen MR) is 92.0 cm³/mol. The zero-order valence-corrected chi connectivity index (χ0v) is 15.2. The first kappa shape index (κ1) is 16.9. The van der Waals surface area contributed by atoms with Gasteiger partial charge in [0.05, 0.1) is 12.2 Å². The molecule has 3 rings (SSSR count). The molecule has 1 aliphatic rings. The SMILES string of the molecule is Cc1noc(C)c1CN(C)C(=O)Nc1nnc(CC2CCCC2)s1. The van der Waals surface area contributed by atoms with Gasteiger partial charge in [0.2, 0.25) is 5.13 Å². The van der Waals surface area contributed by atoms with E-state index in [-0.39, 0.29) is 6.03 Å². The van der Waals surface area contributed by atoms with Crippen molar-refractivity contribution in [2.45, 2.75) is 52.5 Å². The van der Waals surface area contributed by atoms with E-state index in [1.165, 1.54) is 37.0 Å². The van der Waals surface area contributed by atoms with Gasteiger partial charge in [-0.15, -0.1) is 10.2 Å². The molecule has 0 aliphatic heterocycles. The van der Waals surface area contributed by atoms with Crippen LogP contribution in [0.2, 0.25) is 0 Å². The molecular formula is C16H23N5O2S. The smallest absolute Gasteiger partial charge is 0.323 e. The van der Waals surface area contributed by atoms with E-state index in [0.29, 0.717) is 11.7 Å². The molecule has 1 N–H and O–H groups in total. The molecule has 130 valence electrons. The van der Waals surface area contributed by atoms with Crippen LogP contribution in [0.3, 0.4) is 0 Å². The lowest BCUT2D eigenvalue weighted by Gasteiger charge is -2.16. The Morgan fingerprint density at radius 2 is 2.08 bits per heavy atom. The summed E-state index contributed by atoms with van der Waals surface area (Å²) in [5.74, 6) is 1.46. The van der Waals surface area contributed by atoms with Crippen LogP contribution in [0.1, 0.15) is 47.7 Å². The molecule has 0 atom stereocenters. The van der Waals surface area contributed by atoms with Gasteiger partial charge in [-0.25, -0.2) is 4.79 Å². The van der Waals surface area contributed by atoms with Crippen molar-refractivity contribution in [1.29, 1.82) is 0 Å². The summed E-state index contributed by atoms with van der Waals surface area (Å²) in [6.07, 6.45) is 6.17. The minimum atomic E-state index is -0.210. The number of anilines is 1. The average Bonchev–Trinajstić information content (AvgIpc) is 3.27. The Morgan fingerprint density at radius 1 is 1.33 bits per heavy atom. The molecule has 1 saturated carbocycles. The zero-order chi connectivity index (χ0) is 17.1. The first-order valence-electron chi connectivity index (χ1n) is 8.29. The summed E-state index contributed by atoms with van der Waals surface area (Å²) in [5.41, 5.74) is 1.74. The summed E-state index contributed by atoms with van der Waals surface area (Å²) in [6.45, 7) is 4.17. The van der Waals surface area contributed by atoms with Crippen LogP contribution in [-0.2, 0) is 13.0 Å². The Labute approximate surface area is 145 Å². The lowest BCUT2D eigenvalue weighted by Crippen LogP contribution is -2.31. The van der Waals surface area contributed by atoms with Gasteiger partial charge >= 0.3 is 6.03 Å². The molecule has 1 aliphatic carbocycles.